The number of aliphatic hydroxyl groups is 1. The van der Waals surface area contributed by atoms with Crippen molar-refractivity contribution in [2.24, 2.45) is 5.92 Å². The van der Waals surface area contributed by atoms with Gasteiger partial charge in [-0.1, -0.05) is 20.3 Å². The highest BCUT2D eigenvalue weighted by atomic mass is 16.3. The van der Waals surface area contributed by atoms with Crippen LogP contribution < -0.4 is 5.32 Å². The van der Waals surface area contributed by atoms with Gasteiger partial charge < -0.3 is 10.4 Å². The van der Waals surface area contributed by atoms with Crippen molar-refractivity contribution < 1.29 is 9.90 Å². The van der Waals surface area contributed by atoms with E-state index in [-0.39, 0.29) is 24.4 Å². The minimum absolute atomic E-state index is 0.125. The normalized spacial score (nSPS) is 17.4. The molecule has 1 aromatic rings. The Hall–Kier alpha value is -1.36. The highest BCUT2D eigenvalue weighted by molar-refractivity contribution is 5.79. The molecule has 0 aromatic carbocycles. The third-order valence-corrected chi connectivity index (χ3v) is 4.09. The predicted molar refractivity (Wildman–Crippen MR) is 79.5 cm³/mol. The molecule has 0 radical (unpaired) electrons. The zero-order valence-electron chi connectivity index (χ0n) is 13.4. The second-order valence-corrected chi connectivity index (χ2v) is 5.93. The minimum Gasteiger partial charge on any atom is -0.388 e. The fourth-order valence-electron chi connectivity index (χ4n) is 2.18. The van der Waals surface area contributed by atoms with E-state index in [9.17, 15) is 9.90 Å². The molecule has 3 unspecified atom stereocenters. The maximum atomic E-state index is 12.2. The van der Waals surface area contributed by atoms with E-state index in [4.69, 9.17) is 0 Å². The monoisotopic (exact) mass is 281 g/mol. The molecular weight excluding hydrogens is 254 g/mol. The van der Waals surface area contributed by atoms with Crippen LogP contribution >= 0.6 is 0 Å². The number of rotatable bonds is 6. The summed E-state index contributed by atoms with van der Waals surface area (Å²) in [6, 6.07) is 1.57. The molecule has 20 heavy (non-hydrogen) atoms. The Bertz CT molecular complexity index is 466. The Morgan fingerprint density at radius 2 is 2.10 bits per heavy atom. The SMILES string of the molecule is CCC(C)C(C)(O)CNC(=O)C(C)n1nc(C)cc1C. The van der Waals surface area contributed by atoms with Crippen molar-refractivity contribution in [1.29, 1.82) is 0 Å². The lowest BCUT2D eigenvalue weighted by Gasteiger charge is -2.30. The molecule has 0 saturated heterocycles. The number of aromatic nitrogens is 2. The van der Waals surface area contributed by atoms with Gasteiger partial charge >= 0.3 is 0 Å². The molecule has 0 aliphatic heterocycles. The summed E-state index contributed by atoms with van der Waals surface area (Å²) in [5.41, 5.74) is 0.965. The molecule has 3 atom stereocenters. The fourth-order valence-corrected chi connectivity index (χ4v) is 2.18. The molecule has 5 nitrogen and oxygen atoms in total. The number of nitrogens with zero attached hydrogens (tertiary/aromatic N) is 2. The van der Waals surface area contributed by atoms with Crippen LogP contribution in [0.25, 0.3) is 0 Å². The summed E-state index contributed by atoms with van der Waals surface area (Å²) in [4.78, 5) is 12.2. The van der Waals surface area contributed by atoms with E-state index >= 15 is 0 Å². The van der Waals surface area contributed by atoms with Crippen LogP contribution in [0, 0.1) is 19.8 Å². The molecular formula is C15H27N3O2. The van der Waals surface area contributed by atoms with Gasteiger partial charge in [0.2, 0.25) is 5.91 Å². The molecule has 0 aliphatic rings. The van der Waals surface area contributed by atoms with E-state index in [2.05, 4.69) is 10.4 Å². The number of nitrogens with one attached hydrogen (secondary N) is 1. The van der Waals surface area contributed by atoms with Crippen molar-refractivity contribution in [1.82, 2.24) is 15.1 Å². The summed E-state index contributed by atoms with van der Waals surface area (Å²) >= 11 is 0. The first-order valence-electron chi connectivity index (χ1n) is 7.22. The number of carbonyl (C=O) groups excluding carboxylic acids is 1. The van der Waals surface area contributed by atoms with Gasteiger partial charge in [0.25, 0.3) is 0 Å². The first-order valence-corrected chi connectivity index (χ1v) is 7.22. The standard InChI is InChI=1S/C15H27N3O2/c1-7-10(2)15(6,20)9-16-14(19)13(5)18-12(4)8-11(3)17-18/h8,10,13,20H,7,9H2,1-6H3,(H,16,19). The number of carbonyl (C=O) groups is 1. The number of hydrogen-bond donors (Lipinski definition) is 2. The van der Waals surface area contributed by atoms with Crippen LogP contribution in [0.4, 0.5) is 0 Å². The number of aryl methyl sites for hydroxylation is 2. The third-order valence-electron chi connectivity index (χ3n) is 4.09. The van der Waals surface area contributed by atoms with Crippen molar-refractivity contribution in [2.45, 2.75) is 59.6 Å². The first kappa shape index (κ1) is 16.7. The van der Waals surface area contributed by atoms with E-state index < -0.39 is 5.60 Å². The second-order valence-electron chi connectivity index (χ2n) is 5.93. The summed E-state index contributed by atoms with van der Waals surface area (Å²) in [6.45, 7) is 11.7. The summed E-state index contributed by atoms with van der Waals surface area (Å²) in [6.07, 6.45) is 0.871. The maximum absolute atomic E-state index is 12.2. The summed E-state index contributed by atoms with van der Waals surface area (Å²) in [5, 5.41) is 17.4. The number of amides is 1. The van der Waals surface area contributed by atoms with Crippen molar-refractivity contribution >= 4 is 5.91 Å². The Balaban J connectivity index is 2.65. The van der Waals surface area contributed by atoms with Crippen LogP contribution in [0.2, 0.25) is 0 Å². The van der Waals surface area contributed by atoms with Crippen molar-refractivity contribution in [3.8, 4) is 0 Å². The average Bonchev–Trinajstić information content (AvgIpc) is 2.73. The molecule has 1 aromatic heterocycles. The van der Waals surface area contributed by atoms with Crippen LogP contribution in [-0.4, -0.2) is 32.9 Å². The van der Waals surface area contributed by atoms with Crippen LogP contribution in [0.3, 0.4) is 0 Å². The molecule has 1 heterocycles. The predicted octanol–water partition coefficient (Wildman–Crippen LogP) is 1.97. The van der Waals surface area contributed by atoms with Gasteiger partial charge in [0.15, 0.2) is 0 Å². The van der Waals surface area contributed by atoms with Gasteiger partial charge in [-0.2, -0.15) is 5.10 Å². The second kappa shape index (κ2) is 6.39. The molecule has 1 amide bonds. The minimum atomic E-state index is -0.890. The van der Waals surface area contributed by atoms with Crippen molar-refractivity contribution in [3.05, 3.63) is 17.5 Å². The van der Waals surface area contributed by atoms with Crippen molar-refractivity contribution in [2.75, 3.05) is 6.54 Å². The lowest BCUT2D eigenvalue weighted by molar-refractivity contribution is -0.125. The van der Waals surface area contributed by atoms with Crippen molar-refractivity contribution in [3.63, 3.8) is 0 Å². The Kier molecular flexibility index (Phi) is 5.34. The largest absolute Gasteiger partial charge is 0.388 e. The summed E-state index contributed by atoms with van der Waals surface area (Å²) in [7, 11) is 0. The Morgan fingerprint density at radius 3 is 2.55 bits per heavy atom. The van der Waals surface area contributed by atoms with E-state index in [0.717, 1.165) is 17.8 Å². The lowest BCUT2D eigenvalue weighted by Crippen LogP contribution is -2.46. The first-order chi connectivity index (χ1) is 9.19. The number of hydrogen-bond acceptors (Lipinski definition) is 3. The molecule has 1 rings (SSSR count). The molecule has 5 heteroatoms. The average molecular weight is 281 g/mol. The topological polar surface area (TPSA) is 67.2 Å². The van der Waals surface area contributed by atoms with Gasteiger partial charge in [0.05, 0.1) is 11.3 Å². The molecule has 0 bridgehead atoms. The molecule has 0 fully saturated rings. The van der Waals surface area contributed by atoms with Gasteiger partial charge in [-0.3, -0.25) is 9.48 Å². The smallest absolute Gasteiger partial charge is 0.244 e. The van der Waals surface area contributed by atoms with Gasteiger partial charge in [-0.05, 0) is 39.7 Å². The maximum Gasteiger partial charge on any atom is 0.244 e. The van der Waals surface area contributed by atoms with E-state index in [1.165, 1.54) is 0 Å². The van der Waals surface area contributed by atoms with Crippen LogP contribution in [-0.2, 0) is 4.79 Å². The molecule has 0 spiro atoms. The van der Waals surface area contributed by atoms with E-state index in [1.807, 2.05) is 40.7 Å². The molecule has 0 aliphatic carbocycles. The van der Waals surface area contributed by atoms with Gasteiger partial charge in [-0.15, -0.1) is 0 Å². The van der Waals surface area contributed by atoms with Gasteiger partial charge in [0, 0.05) is 12.2 Å². The van der Waals surface area contributed by atoms with Crippen LogP contribution in [0.1, 0.15) is 51.5 Å². The van der Waals surface area contributed by atoms with E-state index in [1.54, 1.807) is 11.6 Å². The highest BCUT2D eigenvalue weighted by Crippen LogP contribution is 2.19. The van der Waals surface area contributed by atoms with Gasteiger partial charge in [-0.25, -0.2) is 0 Å². The molecule has 114 valence electrons. The summed E-state index contributed by atoms with van der Waals surface area (Å²) in [5.74, 6) is 0.00608. The fraction of sp³-hybridized carbons (Fsp3) is 0.733. The lowest BCUT2D eigenvalue weighted by atomic mass is 9.88. The van der Waals surface area contributed by atoms with Crippen LogP contribution in [0.15, 0.2) is 6.07 Å². The highest BCUT2D eigenvalue weighted by Gasteiger charge is 2.28. The van der Waals surface area contributed by atoms with Crippen LogP contribution in [0.5, 0.6) is 0 Å². The molecule has 2 N–H and O–H groups in total. The Morgan fingerprint density at radius 1 is 1.50 bits per heavy atom. The van der Waals surface area contributed by atoms with E-state index in [0.29, 0.717) is 0 Å². The third kappa shape index (κ3) is 3.82. The zero-order chi connectivity index (χ0) is 15.5. The molecule has 0 saturated carbocycles. The van der Waals surface area contributed by atoms with Gasteiger partial charge in [0.1, 0.15) is 6.04 Å². The zero-order valence-corrected chi connectivity index (χ0v) is 13.4. The summed E-state index contributed by atoms with van der Waals surface area (Å²) < 4.78 is 1.71. The quantitative estimate of drug-likeness (QED) is 0.838. The Labute approximate surface area is 121 Å².